The minimum absolute atomic E-state index is 0.155. The number of likely N-dealkylation sites (tertiary alicyclic amines) is 1. The Kier molecular flexibility index (Phi) is 3.50. The van der Waals surface area contributed by atoms with Crippen LogP contribution in [0, 0.1) is 12.8 Å². The minimum Gasteiger partial charge on any atom is -0.368 e. The van der Waals surface area contributed by atoms with E-state index in [4.69, 9.17) is 11.6 Å². The van der Waals surface area contributed by atoms with Crippen LogP contribution in [-0.2, 0) is 0 Å². The van der Waals surface area contributed by atoms with E-state index in [0.717, 1.165) is 19.1 Å². The Labute approximate surface area is 117 Å². The third-order valence-corrected chi connectivity index (χ3v) is 4.27. The lowest BCUT2D eigenvalue weighted by atomic mass is 10.1. The van der Waals surface area contributed by atoms with E-state index in [0.29, 0.717) is 17.6 Å². The number of rotatable bonds is 4. The zero-order chi connectivity index (χ0) is 13.4. The highest BCUT2D eigenvalue weighted by Gasteiger charge is 2.34. The summed E-state index contributed by atoms with van der Waals surface area (Å²) >= 11 is 5.96. The molecule has 6 heteroatoms. The van der Waals surface area contributed by atoms with E-state index in [-0.39, 0.29) is 10.6 Å². The van der Waals surface area contributed by atoms with E-state index in [1.54, 1.807) is 6.92 Å². The molecule has 0 spiro atoms. The molecule has 1 atom stereocenters. The first-order chi connectivity index (χ1) is 9.13. The molecule has 1 aliphatic carbocycles. The van der Waals surface area contributed by atoms with Crippen LogP contribution in [0.5, 0.6) is 0 Å². The molecular formula is C13H19ClN4O. The van der Waals surface area contributed by atoms with Gasteiger partial charge < -0.3 is 15.2 Å². The topological polar surface area (TPSA) is 61.0 Å². The standard InChI is InChI=1S/C13H19ClN4O/c1-8-16-12(11(14)13(19)17-8)15-6-9-4-5-18(7-9)10-2-3-10/h9-10H,2-7H2,1H3,(H2,15,16,17,19)/t9-/m0/s1. The Morgan fingerprint density at radius 2 is 2.26 bits per heavy atom. The Morgan fingerprint density at radius 3 is 3.00 bits per heavy atom. The smallest absolute Gasteiger partial charge is 0.271 e. The molecule has 1 aromatic heterocycles. The molecule has 1 saturated heterocycles. The highest BCUT2D eigenvalue weighted by molar-refractivity contribution is 6.32. The Balaban J connectivity index is 1.59. The Bertz CT molecular complexity index is 526. The molecule has 0 amide bonds. The number of aromatic amines is 1. The summed E-state index contributed by atoms with van der Waals surface area (Å²) in [5, 5.41) is 3.38. The van der Waals surface area contributed by atoms with Crippen molar-refractivity contribution in [2.75, 3.05) is 25.0 Å². The van der Waals surface area contributed by atoms with Gasteiger partial charge in [0.1, 0.15) is 10.8 Å². The van der Waals surface area contributed by atoms with E-state index in [9.17, 15) is 4.79 Å². The van der Waals surface area contributed by atoms with Gasteiger partial charge in [0, 0.05) is 19.1 Å². The summed E-state index contributed by atoms with van der Waals surface area (Å²) in [6.07, 6.45) is 3.94. The molecule has 19 heavy (non-hydrogen) atoms. The van der Waals surface area contributed by atoms with E-state index in [1.165, 1.54) is 25.8 Å². The molecule has 2 aliphatic rings. The van der Waals surface area contributed by atoms with Gasteiger partial charge in [-0.1, -0.05) is 11.6 Å². The molecule has 104 valence electrons. The number of nitrogens with one attached hydrogen (secondary N) is 2. The van der Waals surface area contributed by atoms with Gasteiger partial charge in [-0.15, -0.1) is 0 Å². The summed E-state index contributed by atoms with van der Waals surface area (Å²) in [5.74, 6) is 1.72. The molecule has 1 aliphatic heterocycles. The van der Waals surface area contributed by atoms with Crippen molar-refractivity contribution in [2.45, 2.75) is 32.2 Å². The SMILES string of the molecule is Cc1nc(NC[C@@H]2CCN(C3CC3)C2)c(Cl)c(=O)[nH]1. The molecular weight excluding hydrogens is 264 g/mol. The number of aromatic nitrogens is 2. The van der Waals surface area contributed by atoms with Crippen molar-refractivity contribution in [1.82, 2.24) is 14.9 Å². The number of aryl methyl sites for hydroxylation is 1. The Morgan fingerprint density at radius 1 is 1.47 bits per heavy atom. The van der Waals surface area contributed by atoms with Crippen LogP contribution in [0.1, 0.15) is 25.1 Å². The van der Waals surface area contributed by atoms with Gasteiger partial charge in [0.2, 0.25) is 0 Å². The highest BCUT2D eigenvalue weighted by atomic mass is 35.5. The molecule has 2 heterocycles. The molecule has 2 fully saturated rings. The number of hydrogen-bond acceptors (Lipinski definition) is 4. The van der Waals surface area contributed by atoms with Crippen LogP contribution < -0.4 is 10.9 Å². The molecule has 0 radical (unpaired) electrons. The second-order valence-electron chi connectivity index (χ2n) is 5.58. The lowest BCUT2D eigenvalue weighted by Crippen LogP contribution is -2.25. The maximum absolute atomic E-state index is 11.5. The molecule has 2 N–H and O–H groups in total. The predicted octanol–water partition coefficient (Wildman–Crippen LogP) is 1.63. The van der Waals surface area contributed by atoms with Crippen molar-refractivity contribution in [1.29, 1.82) is 0 Å². The van der Waals surface area contributed by atoms with Gasteiger partial charge in [-0.25, -0.2) is 4.98 Å². The largest absolute Gasteiger partial charge is 0.368 e. The van der Waals surface area contributed by atoms with Crippen molar-refractivity contribution in [3.63, 3.8) is 0 Å². The van der Waals surface area contributed by atoms with Crippen molar-refractivity contribution in [3.05, 3.63) is 21.2 Å². The molecule has 0 aromatic carbocycles. The first kappa shape index (κ1) is 12.9. The fraction of sp³-hybridized carbons (Fsp3) is 0.692. The fourth-order valence-corrected chi connectivity index (χ4v) is 2.89. The normalized spacial score (nSPS) is 23.8. The summed E-state index contributed by atoms with van der Waals surface area (Å²) < 4.78 is 0. The van der Waals surface area contributed by atoms with Gasteiger partial charge in [0.15, 0.2) is 5.82 Å². The molecule has 5 nitrogen and oxygen atoms in total. The summed E-state index contributed by atoms with van der Waals surface area (Å²) in [6, 6.07) is 0.841. The van der Waals surface area contributed by atoms with Crippen LogP contribution in [-0.4, -0.2) is 40.5 Å². The molecule has 3 rings (SSSR count). The second-order valence-corrected chi connectivity index (χ2v) is 5.95. The maximum atomic E-state index is 11.5. The monoisotopic (exact) mass is 282 g/mol. The van der Waals surface area contributed by atoms with Crippen molar-refractivity contribution >= 4 is 17.4 Å². The maximum Gasteiger partial charge on any atom is 0.271 e. The van der Waals surface area contributed by atoms with Crippen molar-refractivity contribution in [3.8, 4) is 0 Å². The van der Waals surface area contributed by atoms with Gasteiger partial charge in [0.05, 0.1) is 0 Å². The van der Waals surface area contributed by atoms with Crippen LogP contribution >= 0.6 is 11.6 Å². The van der Waals surface area contributed by atoms with Gasteiger partial charge in [-0.2, -0.15) is 0 Å². The zero-order valence-corrected chi connectivity index (χ0v) is 11.8. The number of halogens is 1. The zero-order valence-electron chi connectivity index (χ0n) is 11.1. The van der Waals surface area contributed by atoms with E-state index < -0.39 is 0 Å². The minimum atomic E-state index is -0.275. The van der Waals surface area contributed by atoms with Gasteiger partial charge in [0.25, 0.3) is 5.56 Å². The van der Waals surface area contributed by atoms with E-state index in [1.807, 2.05) is 0 Å². The number of nitrogens with zero attached hydrogens (tertiary/aromatic N) is 2. The van der Waals surface area contributed by atoms with Crippen LogP contribution in [0.2, 0.25) is 5.02 Å². The van der Waals surface area contributed by atoms with Gasteiger partial charge in [-0.3, -0.25) is 4.79 Å². The van der Waals surface area contributed by atoms with E-state index >= 15 is 0 Å². The average Bonchev–Trinajstić information content (AvgIpc) is 3.12. The highest BCUT2D eigenvalue weighted by Crippen LogP contribution is 2.31. The van der Waals surface area contributed by atoms with Crippen LogP contribution in [0.4, 0.5) is 5.82 Å². The van der Waals surface area contributed by atoms with Gasteiger partial charge >= 0.3 is 0 Å². The number of H-pyrrole nitrogens is 1. The van der Waals surface area contributed by atoms with Crippen LogP contribution in [0.25, 0.3) is 0 Å². The summed E-state index contributed by atoms with van der Waals surface area (Å²) in [5.41, 5.74) is -0.275. The fourth-order valence-electron chi connectivity index (χ4n) is 2.73. The van der Waals surface area contributed by atoms with Gasteiger partial charge in [-0.05, 0) is 38.6 Å². The second kappa shape index (κ2) is 5.13. The lowest BCUT2D eigenvalue weighted by Gasteiger charge is -2.15. The van der Waals surface area contributed by atoms with Crippen LogP contribution in [0.15, 0.2) is 4.79 Å². The van der Waals surface area contributed by atoms with Crippen molar-refractivity contribution in [2.24, 2.45) is 5.92 Å². The molecule has 0 bridgehead atoms. The Hall–Kier alpha value is -1.07. The molecule has 1 aromatic rings. The lowest BCUT2D eigenvalue weighted by molar-refractivity contribution is 0.316. The first-order valence-electron chi connectivity index (χ1n) is 6.88. The third-order valence-electron chi connectivity index (χ3n) is 3.92. The summed E-state index contributed by atoms with van der Waals surface area (Å²) in [7, 11) is 0. The predicted molar refractivity (Wildman–Crippen MR) is 75.8 cm³/mol. The summed E-state index contributed by atoms with van der Waals surface area (Å²) in [4.78, 5) is 20.9. The number of hydrogen-bond donors (Lipinski definition) is 2. The van der Waals surface area contributed by atoms with Crippen molar-refractivity contribution < 1.29 is 0 Å². The third kappa shape index (κ3) is 2.92. The molecule has 1 saturated carbocycles. The molecule has 0 unspecified atom stereocenters. The average molecular weight is 283 g/mol. The first-order valence-corrected chi connectivity index (χ1v) is 7.25. The summed E-state index contributed by atoms with van der Waals surface area (Å²) in [6.45, 7) is 4.94. The number of anilines is 1. The van der Waals surface area contributed by atoms with E-state index in [2.05, 4.69) is 20.2 Å². The van der Waals surface area contributed by atoms with Crippen LogP contribution in [0.3, 0.4) is 0 Å². The quantitative estimate of drug-likeness (QED) is 0.881.